The molecule has 0 radical (unpaired) electrons. The molecule has 1 saturated heterocycles. The molecule has 2 unspecified atom stereocenters. The summed E-state index contributed by atoms with van der Waals surface area (Å²) in [6, 6.07) is 0.0581. The van der Waals surface area contributed by atoms with Crippen molar-refractivity contribution in [1.82, 2.24) is 0 Å². The highest BCUT2D eigenvalue weighted by atomic mass is 16.6. The standard InChI is InChI=1S/C10H17NO2/c11-10(8-3-1-2-4-8)9-7-12-5-6-13-9/h3,9-10H,1-2,4-7,11H2. The van der Waals surface area contributed by atoms with Crippen molar-refractivity contribution < 1.29 is 9.47 Å². The zero-order valence-electron chi connectivity index (χ0n) is 7.87. The Kier molecular flexibility index (Phi) is 2.98. The third-order valence-corrected chi connectivity index (χ3v) is 2.75. The summed E-state index contributed by atoms with van der Waals surface area (Å²) in [7, 11) is 0. The monoisotopic (exact) mass is 183 g/mol. The molecule has 2 aliphatic rings. The second-order valence-electron chi connectivity index (χ2n) is 3.68. The SMILES string of the molecule is NC(C1=CCCC1)C1COCCO1. The molecule has 2 atom stereocenters. The van der Waals surface area contributed by atoms with Gasteiger partial charge < -0.3 is 15.2 Å². The number of ether oxygens (including phenoxy) is 2. The van der Waals surface area contributed by atoms with Crippen molar-refractivity contribution in [3.05, 3.63) is 11.6 Å². The van der Waals surface area contributed by atoms with Crippen LogP contribution in [0.2, 0.25) is 0 Å². The average Bonchev–Trinajstić information content (AvgIpc) is 2.71. The van der Waals surface area contributed by atoms with Gasteiger partial charge in [-0.25, -0.2) is 0 Å². The van der Waals surface area contributed by atoms with Crippen molar-refractivity contribution in [1.29, 1.82) is 0 Å². The molecule has 1 aliphatic heterocycles. The van der Waals surface area contributed by atoms with Gasteiger partial charge in [0.25, 0.3) is 0 Å². The van der Waals surface area contributed by atoms with E-state index in [1.54, 1.807) is 0 Å². The summed E-state index contributed by atoms with van der Waals surface area (Å²) < 4.78 is 10.9. The van der Waals surface area contributed by atoms with E-state index in [4.69, 9.17) is 15.2 Å². The molecule has 0 amide bonds. The van der Waals surface area contributed by atoms with E-state index in [9.17, 15) is 0 Å². The van der Waals surface area contributed by atoms with Gasteiger partial charge in [-0.3, -0.25) is 0 Å². The van der Waals surface area contributed by atoms with Gasteiger partial charge in [0.1, 0.15) is 0 Å². The number of hydrogen-bond donors (Lipinski definition) is 1. The smallest absolute Gasteiger partial charge is 0.0998 e. The molecule has 1 aliphatic carbocycles. The molecule has 0 bridgehead atoms. The molecule has 2 rings (SSSR count). The van der Waals surface area contributed by atoms with Gasteiger partial charge in [0, 0.05) is 0 Å². The first-order valence-electron chi connectivity index (χ1n) is 5.02. The highest BCUT2D eigenvalue weighted by Crippen LogP contribution is 2.23. The number of hydrogen-bond acceptors (Lipinski definition) is 3. The molecule has 0 aromatic carbocycles. The van der Waals surface area contributed by atoms with Crippen molar-refractivity contribution in [2.75, 3.05) is 19.8 Å². The van der Waals surface area contributed by atoms with Crippen LogP contribution >= 0.6 is 0 Å². The Bertz CT molecular complexity index is 197. The molecule has 0 aromatic rings. The largest absolute Gasteiger partial charge is 0.376 e. The predicted molar refractivity (Wildman–Crippen MR) is 50.5 cm³/mol. The zero-order chi connectivity index (χ0) is 9.10. The molecule has 2 N–H and O–H groups in total. The van der Waals surface area contributed by atoms with Crippen LogP contribution < -0.4 is 5.73 Å². The first-order valence-corrected chi connectivity index (χ1v) is 5.02. The van der Waals surface area contributed by atoms with Gasteiger partial charge in [0.2, 0.25) is 0 Å². The van der Waals surface area contributed by atoms with Gasteiger partial charge in [-0.1, -0.05) is 11.6 Å². The van der Waals surface area contributed by atoms with Crippen molar-refractivity contribution in [3.8, 4) is 0 Å². The lowest BCUT2D eigenvalue weighted by molar-refractivity contribution is -0.0930. The van der Waals surface area contributed by atoms with Crippen LogP contribution in [0, 0.1) is 0 Å². The minimum Gasteiger partial charge on any atom is -0.376 e. The minimum atomic E-state index is 0.0581. The normalized spacial score (nSPS) is 31.5. The van der Waals surface area contributed by atoms with Crippen LogP contribution in [0.1, 0.15) is 19.3 Å². The Balaban J connectivity index is 1.90. The second-order valence-corrected chi connectivity index (χ2v) is 3.68. The van der Waals surface area contributed by atoms with Gasteiger partial charge in [-0.05, 0) is 19.3 Å². The number of nitrogens with two attached hydrogens (primary N) is 1. The Morgan fingerprint density at radius 3 is 3.00 bits per heavy atom. The predicted octanol–water partition coefficient (Wildman–Crippen LogP) is 0.839. The van der Waals surface area contributed by atoms with Crippen LogP contribution in [-0.2, 0) is 9.47 Å². The van der Waals surface area contributed by atoms with E-state index in [-0.39, 0.29) is 12.1 Å². The van der Waals surface area contributed by atoms with Crippen LogP contribution in [0.4, 0.5) is 0 Å². The highest BCUT2D eigenvalue weighted by Gasteiger charge is 2.25. The Hall–Kier alpha value is -0.380. The van der Waals surface area contributed by atoms with Gasteiger partial charge in [-0.2, -0.15) is 0 Å². The molecule has 1 fully saturated rings. The lowest BCUT2D eigenvalue weighted by Gasteiger charge is -2.28. The lowest BCUT2D eigenvalue weighted by Crippen LogP contribution is -2.44. The van der Waals surface area contributed by atoms with Crippen LogP contribution in [0.25, 0.3) is 0 Å². The second kappa shape index (κ2) is 4.22. The average molecular weight is 183 g/mol. The first kappa shape index (κ1) is 9.19. The van der Waals surface area contributed by atoms with Crippen molar-refractivity contribution in [3.63, 3.8) is 0 Å². The van der Waals surface area contributed by atoms with E-state index in [0.29, 0.717) is 19.8 Å². The topological polar surface area (TPSA) is 44.5 Å². The van der Waals surface area contributed by atoms with E-state index in [0.717, 1.165) is 6.42 Å². The quantitative estimate of drug-likeness (QED) is 0.645. The van der Waals surface area contributed by atoms with Gasteiger partial charge in [0.15, 0.2) is 0 Å². The summed E-state index contributed by atoms with van der Waals surface area (Å²) in [6.45, 7) is 2.05. The van der Waals surface area contributed by atoms with Gasteiger partial charge in [0.05, 0.1) is 32.0 Å². The molecule has 74 valence electrons. The molecular weight excluding hydrogens is 166 g/mol. The Labute approximate surface area is 78.9 Å². The maximum atomic E-state index is 6.08. The summed E-state index contributed by atoms with van der Waals surface area (Å²) in [4.78, 5) is 0. The lowest BCUT2D eigenvalue weighted by atomic mass is 10.0. The minimum absolute atomic E-state index is 0.0581. The summed E-state index contributed by atoms with van der Waals surface area (Å²) in [5.74, 6) is 0. The van der Waals surface area contributed by atoms with E-state index >= 15 is 0 Å². The number of rotatable bonds is 2. The van der Waals surface area contributed by atoms with Crippen molar-refractivity contribution in [2.24, 2.45) is 5.73 Å². The molecule has 1 heterocycles. The molecular formula is C10H17NO2. The zero-order valence-corrected chi connectivity index (χ0v) is 7.87. The van der Waals surface area contributed by atoms with Gasteiger partial charge >= 0.3 is 0 Å². The third-order valence-electron chi connectivity index (χ3n) is 2.75. The Morgan fingerprint density at radius 1 is 1.46 bits per heavy atom. The van der Waals surface area contributed by atoms with Crippen molar-refractivity contribution >= 4 is 0 Å². The third kappa shape index (κ3) is 2.10. The van der Waals surface area contributed by atoms with E-state index < -0.39 is 0 Å². The summed E-state index contributed by atoms with van der Waals surface area (Å²) in [5.41, 5.74) is 7.44. The fourth-order valence-electron chi connectivity index (χ4n) is 1.95. The Morgan fingerprint density at radius 2 is 2.38 bits per heavy atom. The van der Waals surface area contributed by atoms with Gasteiger partial charge in [-0.15, -0.1) is 0 Å². The molecule has 0 spiro atoms. The maximum absolute atomic E-state index is 6.08. The van der Waals surface area contributed by atoms with Crippen LogP contribution in [0.5, 0.6) is 0 Å². The van der Waals surface area contributed by atoms with E-state index in [1.807, 2.05) is 0 Å². The molecule has 3 heteroatoms. The van der Waals surface area contributed by atoms with E-state index in [1.165, 1.54) is 18.4 Å². The number of allylic oxidation sites excluding steroid dienone is 1. The fourth-order valence-corrected chi connectivity index (χ4v) is 1.95. The molecule has 13 heavy (non-hydrogen) atoms. The first-order chi connectivity index (χ1) is 6.38. The molecule has 0 aromatic heterocycles. The van der Waals surface area contributed by atoms with Crippen molar-refractivity contribution in [2.45, 2.75) is 31.4 Å². The fraction of sp³-hybridized carbons (Fsp3) is 0.800. The summed E-state index contributed by atoms with van der Waals surface area (Å²) in [6.07, 6.45) is 5.90. The van der Waals surface area contributed by atoms with Crippen LogP contribution in [-0.4, -0.2) is 32.0 Å². The highest BCUT2D eigenvalue weighted by molar-refractivity contribution is 5.16. The van der Waals surface area contributed by atoms with Crippen LogP contribution in [0.15, 0.2) is 11.6 Å². The van der Waals surface area contributed by atoms with Crippen LogP contribution in [0.3, 0.4) is 0 Å². The summed E-state index contributed by atoms with van der Waals surface area (Å²) in [5, 5.41) is 0. The van der Waals surface area contributed by atoms with E-state index in [2.05, 4.69) is 6.08 Å². The maximum Gasteiger partial charge on any atom is 0.0998 e. The molecule has 3 nitrogen and oxygen atoms in total. The summed E-state index contributed by atoms with van der Waals surface area (Å²) >= 11 is 0. The molecule has 0 saturated carbocycles.